The van der Waals surface area contributed by atoms with Crippen LogP contribution in [0, 0.1) is 10.1 Å². The zero-order chi connectivity index (χ0) is 30.9. The second-order valence-electron chi connectivity index (χ2n) is 10.6. The van der Waals surface area contributed by atoms with Crippen molar-refractivity contribution in [1.29, 1.82) is 0 Å². The number of ether oxygens (including phenoxy) is 3. The largest absolute Gasteiger partial charge is 0.494 e. The van der Waals surface area contributed by atoms with Gasteiger partial charge < -0.3 is 14.2 Å². The van der Waals surface area contributed by atoms with Crippen molar-refractivity contribution in [3.8, 4) is 28.4 Å². The van der Waals surface area contributed by atoms with Crippen LogP contribution in [0.25, 0.3) is 11.1 Å². The Kier molecular flexibility index (Phi) is 14.0. The van der Waals surface area contributed by atoms with Crippen LogP contribution in [-0.2, 0) is 0 Å². The van der Waals surface area contributed by atoms with E-state index in [9.17, 15) is 14.9 Å². The molecule has 3 rings (SSSR count). The first-order valence-corrected chi connectivity index (χ1v) is 15.1. The third-order valence-electron chi connectivity index (χ3n) is 7.06. The van der Waals surface area contributed by atoms with Gasteiger partial charge in [-0.05, 0) is 93.0 Å². The Morgan fingerprint density at radius 2 is 1.40 bits per heavy atom. The minimum Gasteiger partial charge on any atom is -0.494 e. The lowest BCUT2D eigenvalue weighted by molar-refractivity contribution is -0.386. The maximum absolute atomic E-state index is 12.8. The smallest absolute Gasteiger partial charge is 0.343 e. The molecule has 0 heterocycles. The Labute approximate surface area is 255 Å². The first-order chi connectivity index (χ1) is 20.9. The van der Waals surface area contributed by atoms with E-state index in [0.717, 1.165) is 49.0 Å². The second kappa shape index (κ2) is 18.2. The highest BCUT2D eigenvalue weighted by Crippen LogP contribution is 2.33. The van der Waals surface area contributed by atoms with Crippen LogP contribution < -0.4 is 14.2 Å². The van der Waals surface area contributed by atoms with E-state index in [1.807, 2.05) is 55.5 Å². The van der Waals surface area contributed by atoms with Gasteiger partial charge >= 0.3 is 11.7 Å². The molecule has 3 aromatic carbocycles. The van der Waals surface area contributed by atoms with Crippen LogP contribution >= 0.6 is 0 Å². The van der Waals surface area contributed by atoms with Crippen molar-refractivity contribution >= 4 is 11.7 Å². The average Bonchev–Trinajstić information content (AvgIpc) is 3.01. The molecule has 0 radical (unpaired) electrons. The number of benzene rings is 3. The van der Waals surface area contributed by atoms with Crippen LogP contribution in [0.4, 0.5) is 5.69 Å². The van der Waals surface area contributed by atoms with Gasteiger partial charge in [0, 0.05) is 0 Å². The molecular weight excluding hydrogens is 542 g/mol. The van der Waals surface area contributed by atoms with Crippen molar-refractivity contribution in [1.82, 2.24) is 0 Å². The fourth-order valence-electron chi connectivity index (χ4n) is 4.62. The predicted molar refractivity (Wildman–Crippen MR) is 172 cm³/mol. The zero-order valence-electron chi connectivity index (χ0n) is 25.2. The molecule has 0 unspecified atom stereocenters. The maximum atomic E-state index is 12.8. The molecule has 43 heavy (non-hydrogen) atoms. The monoisotopic (exact) mass is 585 g/mol. The van der Waals surface area contributed by atoms with Crippen LogP contribution in [0.15, 0.2) is 92.0 Å². The van der Waals surface area contributed by atoms with E-state index < -0.39 is 10.9 Å². The summed E-state index contributed by atoms with van der Waals surface area (Å²) in [6, 6.07) is 19.1. The maximum Gasteiger partial charge on any atom is 0.343 e. The topological polar surface area (TPSA) is 87.9 Å². The molecule has 1 atom stereocenters. The number of nitro groups is 1. The van der Waals surface area contributed by atoms with Gasteiger partial charge in [-0.2, -0.15) is 0 Å². The van der Waals surface area contributed by atoms with E-state index in [4.69, 9.17) is 14.2 Å². The number of carbonyl (C=O) groups excluding carboxylic acids is 1. The molecule has 0 aliphatic carbocycles. The second-order valence-corrected chi connectivity index (χ2v) is 10.6. The summed E-state index contributed by atoms with van der Waals surface area (Å²) in [5, 5.41) is 11.7. The minimum absolute atomic E-state index is 0.0755. The zero-order valence-corrected chi connectivity index (χ0v) is 25.2. The number of unbranched alkanes of at least 4 members (excludes halogenated alkanes) is 7. The van der Waals surface area contributed by atoms with Crippen molar-refractivity contribution in [3.63, 3.8) is 0 Å². The summed E-state index contributed by atoms with van der Waals surface area (Å²) in [6.45, 7) is 10.0. The Hall–Kier alpha value is -4.39. The number of nitro benzene ring substituents is 1. The van der Waals surface area contributed by atoms with Gasteiger partial charge in [-0.25, -0.2) is 4.79 Å². The SMILES string of the molecule is C=CCCCCCCCCOc1ccc(-c2ccc(C(=O)Oc3ccc(O[C@@H](C)CCCC=C)c([N+](=O)[O-])c3)cc2)cc1. The number of allylic oxidation sites excluding steroid dienone is 2. The normalized spacial score (nSPS) is 11.4. The standard InChI is InChI=1S/C36H43NO6/c1-4-6-8-9-10-11-12-14-26-41-32-22-20-30(21-23-32)29-16-18-31(19-17-29)36(38)43-33-24-25-35(34(27-33)37(39)40)42-28(3)15-13-7-5-2/h4-5,16-25,27-28H,1-2,6-15,26H2,3H3/t28-/m0/s1. The Morgan fingerprint density at radius 3 is 2.05 bits per heavy atom. The van der Waals surface area contributed by atoms with E-state index in [2.05, 4.69) is 13.2 Å². The van der Waals surface area contributed by atoms with Crippen LogP contribution in [0.2, 0.25) is 0 Å². The molecule has 0 aliphatic heterocycles. The summed E-state index contributed by atoms with van der Waals surface area (Å²) in [5.74, 6) is 0.448. The van der Waals surface area contributed by atoms with E-state index in [1.54, 1.807) is 12.1 Å². The van der Waals surface area contributed by atoms with Crippen molar-refractivity contribution in [2.45, 2.75) is 77.2 Å². The lowest BCUT2D eigenvalue weighted by atomic mass is 10.0. The summed E-state index contributed by atoms with van der Waals surface area (Å²) in [4.78, 5) is 23.9. The summed E-state index contributed by atoms with van der Waals surface area (Å²) < 4.78 is 17.1. The molecule has 0 fully saturated rings. The van der Waals surface area contributed by atoms with E-state index in [-0.39, 0.29) is 23.3 Å². The van der Waals surface area contributed by atoms with E-state index in [1.165, 1.54) is 50.3 Å². The van der Waals surface area contributed by atoms with Gasteiger partial charge in [0.1, 0.15) is 11.5 Å². The first-order valence-electron chi connectivity index (χ1n) is 15.1. The van der Waals surface area contributed by atoms with Crippen LogP contribution in [0.5, 0.6) is 17.2 Å². The van der Waals surface area contributed by atoms with Crippen molar-refractivity contribution in [3.05, 3.63) is 108 Å². The van der Waals surface area contributed by atoms with Crippen LogP contribution in [0.1, 0.15) is 81.5 Å². The summed E-state index contributed by atoms with van der Waals surface area (Å²) in [7, 11) is 0. The third kappa shape index (κ3) is 11.4. The first kappa shape index (κ1) is 33.1. The molecule has 7 heteroatoms. The highest BCUT2D eigenvalue weighted by molar-refractivity contribution is 5.91. The van der Waals surface area contributed by atoms with Crippen molar-refractivity contribution < 1.29 is 23.9 Å². The Balaban J connectivity index is 1.50. The predicted octanol–water partition coefficient (Wildman–Crippen LogP) is 9.90. The summed E-state index contributed by atoms with van der Waals surface area (Å²) >= 11 is 0. The fourth-order valence-corrected chi connectivity index (χ4v) is 4.62. The van der Waals surface area contributed by atoms with Crippen LogP contribution in [0.3, 0.4) is 0 Å². The fraction of sp³-hybridized carbons (Fsp3) is 0.361. The Bertz CT molecular complexity index is 1320. The van der Waals surface area contributed by atoms with Gasteiger partial charge in [0.25, 0.3) is 0 Å². The number of rotatable bonds is 20. The molecule has 0 amide bonds. The number of hydrogen-bond donors (Lipinski definition) is 0. The van der Waals surface area contributed by atoms with Gasteiger partial charge in [0.15, 0.2) is 5.75 Å². The molecule has 3 aromatic rings. The molecule has 0 bridgehead atoms. The molecular formula is C36H43NO6. The van der Waals surface area contributed by atoms with Gasteiger partial charge in [-0.1, -0.05) is 62.1 Å². The van der Waals surface area contributed by atoms with Gasteiger partial charge in [0.2, 0.25) is 0 Å². The molecule has 0 spiro atoms. The number of nitrogens with zero attached hydrogens (tertiary/aromatic N) is 1. The Morgan fingerprint density at radius 1 is 0.814 bits per heavy atom. The van der Waals surface area contributed by atoms with E-state index in [0.29, 0.717) is 12.2 Å². The average molecular weight is 586 g/mol. The number of hydrogen-bond acceptors (Lipinski definition) is 6. The lowest BCUT2D eigenvalue weighted by Gasteiger charge is -2.15. The molecule has 0 N–H and O–H groups in total. The van der Waals surface area contributed by atoms with E-state index >= 15 is 0 Å². The quantitative estimate of drug-likeness (QED) is 0.0327. The van der Waals surface area contributed by atoms with Gasteiger partial charge in [0.05, 0.1) is 29.3 Å². The number of carbonyl (C=O) groups is 1. The molecule has 0 aromatic heterocycles. The summed E-state index contributed by atoms with van der Waals surface area (Å²) in [5.41, 5.74) is 2.03. The van der Waals surface area contributed by atoms with Crippen molar-refractivity contribution in [2.75, 3.05) is 6.61 Å². The number of esters is 1. The molecule has 228 valence electrons. The van der Waals surface area contributed by atoms with Gasteiger partial charge in [-0.3, -0.25) is 10.1 Å². The highest BCUT2D eigenvalue weighted by atomic mass is 16.6. The van der Waals surface area contributed by atoms with Crippen LogP contribution in [-0.4, -0.2) is 23.6 Å². The minimum atomic E-state index is -0.604. The van der Waals surface area contributed by atoms with Crippen molar-refractivity contribution in [2.24, 2.45) is 0 Å². The van der Waals surface area contributed by atoms with Gasteiger partial charge in [-0.15, -0.1) is 13.2 Å². The summed E-state index contributed by atoms with van der Waals surface area (Å²) in [6.07, 6.45) is 14.4. The lowest BCUT2D eigenvalue weighted by Crippen LogP contribution is -2.13. The third-order valence-corrected chi connectivity index (χ3v) is 7.06. The molecule has 0 saturated carbocycles. The molecule has 0 aliphatic rings. The molecule has 7 nitrogen and oxygen atoms in total. The highest BCUT2D eigenvalue weighted by Gasteiger charge is 2.20. The molecule has 0 saturated heterocycles.